The minimum Gasteiger partial charge on any atom is -0.459 e. The van der Waals surface area contributed by atoms with Gasteiger partial charge in [-0.2, -0.15) is 0 Å². The Morgan fingerprint density at radius 1 is 0.722 bits per heavy atom. The molecule has 5 fully saturated rings. The van der Waals surface area contributed by atoms with Gasteiger partial charge in [0.25, 0.3) is 0 Å². The van der Waals surface area contributed by atoms with Gasteiger partial charge >= 0.3 is 11.9 Å². The zero-order valence-corrected chi connectivity index (χ0v) is 25.0. The van der Waals surface area contributed by atoms with E-state index < -0.39 is 0 Å². The van der Waals surface area contributed by atoms with Gasteiger partial charge in [-0.3, -0.25) is 9.59 Å². The molecule has 0 spiro atoms. The summed E-state index contributed by atoms with van der Waals surface area (Å²) in [5, 5.41) is 0. The Kier molecular flexibility index (Phi) is 8.99. The standard InChI is InChI=1S/C17H28O2.C15H28O2/c1-5-16(2,3)15(18)19-17(4)13-7-11-6-12(9-13)10-14(17)8-11;1-6-14(2,3)13(16)17-15(4,5)12-10-8-7-9-11-12/h11-14H,5-10H2,1-4H3;12H,6-11H2,1-5H3. The zero-order valence-electron chi connectivity index (χ0n) is 25.0. The number of hydrogen-bond donors (Lipinski definition) is 0. The molecule has 0 aromatic carbocycles. The van der Waals surface area contributed by atoms with Crippen molar-refractivity contribution in [1.29, 1.82) is 0 Å². The summed E-state index contributed by atoms with van der Waals surface area (Å²) in [7, 11) is 0. The van der Waals surface area contributed by atoms with Crippen molar-refractivity contribution in [1.82, 2.24) is 0 Å². The second-order valence-electron chi connectivity index (χ2n) is 14.7. The van der Waals surface area contributed by atoms with E-state index in [1.165, 1.54) is 64.2 Å². The minimum atomic E-state index is -0.355. The maximum absolute atomic E-state index is 12.5. The van der Waals surface area contributed by atoms with Gasteiger partial charge in [-0.1, -0.05) is 33.1 Å². The predicted molar refractivity (Wildman–Crippen MR) is 146 cm³/mol. The van der Waals surface area contributed by atoms with Crippen LogP contribution in [0.5, 0.6) is 0 Å². The molecule has 0 aromatic heterocycles. The van der Waals surface area contributed by atoms with E-state index in [4.69, 9.17) is 9.47 Å². The lowest BCUT2D eigenvalue weighted by molar-refractivity contribution is -0.211. The molecule has 5 aliphatic carbocycles. The van der Waals surface area contributed by atoms with Gasteiger partial charge in [0.1, 0.15) is 11.2 Å². The molecule has 0 atom stereocenters. The molecule has 0 radical (unpaired) electrons. The quantitative estimate of drug-likeness (QED) is 0.326. The van der Waals surface area contributed by atoms with Crippen LogP contribution in [0.15, 0.2) is 0 Å². The topological polar surface area (TPSA) is 52.6 Å². The average molecular weight is 505 g/mol. The van der Waals surface area contributed by atoms with Crippen LogP contribution in [-0.4, -0.2) is 23.1 Å². The first kappa shape index (κ1) is 29.5. The van der Waals surface area contributed by atoms with Crippen LogP contribution in [0.4, 0.5) is 0 Å². The lowest BCUT2D eigenvalue weighted by Crippen LogP contribution is -2.58. The van der Waals surface area contributed by atoms with E-state index in [2.05, 4.69) is 27.7 Å². The summed E-state index contributed by atoms with van der Waals surface area (Å²) >= 11 is 0. The fraction of sp³-hybridized carbons (Fsp3) is 0.938. The molecular weight excluding hydrogens is 448 g/mol. The summed E-state index contributed by atoms with van der Waals surface area (Å²) in [4.78, 5) is 24.6. The monoisotopic (exact) mass is 504 g/mol. The summed E-state index contributed by atoms with van der Waals surface area (Å²) in [5.74, 6) is 3.61. The molecule has 5 rings (SSSR count). The van der Waals surface area contributed by atoms with Crippen molar-refractivity contribution in [3.8, 4) is 0 Å². The van der Waals surface area contributed by atoms with Crippen LogP contribution in [0.25, 0.3) is 0 Å². The normalized spacial score (nSPS) is 32.5. The van der Waals surface area contributed by atoms with Gasteiger partial charge in [0, 0.05) is 0 Å². The van der Waals surface area contributed by atoms with Crippen molar-refractivity contribution in [3.63, 3.8) is 0 Å². The van der Waals surface area contributed by atoms with Gasteiger partial charge in [0.2, 0.25) is 0 Å². The minimum absolute atomic E-state index is 0.0185. The van der Waals surface area contributed by atoms with Crippen molar-refractivity contribution in [3.05, 3.63) is 0 Å². The van der Waals surface area contributed by atoms with Gasteiger partial charge in [0.15, 0.2) is 0 Å². The molecule has 0 aromatic rings. The van der Waals surface area contributed by atoms with E-state index in [-0.39, 0.29) is 34.0 Å². The predicted octanol–water partition coefficient (Wildman–Crippen LogP) is 8.51. The smallest absolute Gasteiger partial charge is 0.312 e. The third-order valence-electron chi connectivity index (χ3n) is 10.9. The largest absolute Gasteiger partial charge is 0.459 e. The van der Waals surface area contributed by atoms with Crippen LogP contribution in [-0.2, 0) is 19.1 Å². The molecule has 5 saturated carbocycles. The molecule has 0 unspecified atom stereocenters. The lowest BCUT2D eigenvalue weighted by Gasteiger charge is -2.59. The van der Waals surface area contributed by atoms with Crippen LogP contribution < -0.4 is 0 Å². The molecule has 4 bridgehead atoms. The highest BCUT2D eigenvalue weighted by Gasteiger charge is 2.57. The van der Waals surface area contributed by atoms with Gasteiger partial charge in [-0.05, 0) is 136 Å². The van der Waals surface area contributed by atoms with Crippen LogP contribution >= 0.6 is 0 Å². The second kappa shape index (κ2) is 11.0. The highest BCUT2D eigenvalue weighted by Crippen LogP contribution is 2.59. The Labute approximate surface area is 222 Å². The molecule has 36 heavy (non-hydrogen) atoms. The van der Waals surface area contributed by atoms with E-state index in [1.807, 2.05) is 34.6 Å². The number of hydrogen-bond acceptors (Lipinski definition) is 4. The average Bonchev–Trinajstić information content (AvgIpc) is 2.83. The van der Waals surface area contributed by atoms with Crippen molar-refractivity contribution in [2.24, 2.45) is 40.4 Å². The molecule has 208 valence electrons. The molecule has 4 heteroatoms. The Morgan fingerprint density at radius 3 is 1.61 bits per heavy atom. The Hall–Kier alpha value is -1.06. The van der Waals surface area contributed by atoms with Crippen LogP contribution in [0.1, 0.15) is 139 Å². The number of rotatable bonds is 7. The highest BCUT2D eigenvalue weighted by molar-refractivity contribution is 5.76. The van der Waals surface area contributed by atoms with E-state index >= 15 is 0 Å². The molecule has 4 nitrogen and oxygen atoms in total. The maximum Gasteiger partial charge on any atom is 0.312 e. The third kappa shape index (κ3) is 6.32. The van der Waals surface area contributed by atoms with Gasteiger partial charge in [0.05, 0.1) is 10.8 Å². The first-order valence-corrected chi connectivity index (χ1v) is 15.1. The van der Waals surface area contributed by atoms with E-state index in [0.29, 0.717) is 17.8 Å². The summed E-state index contributed by atoms with van der Waals surface area (Å²) in [6.45, 7) is 18.4. The number of carbonyl (C=O) groups is 2. The summed E-state index contributed by atoms with van der Waals surface area (Å²) in [5.41, 5.74) is -1.16. The SMILES string of the molecule is CCC(C)(C)C(=O)OC(C)(C)C1CCCCC1.CCC(C)(C)C(=O)OC1(C)C2CC3CC(C2)CC1C3. The number of ether oxygens (including phenoxy) is 2. The first-order valence-electron chi connectivity index (χ1n) is 15.1. The highest BCUT2D eigenvalue weighted by atomic mass is 16.6. The van der Waals surface area contributed by atoms with Crippen molar-refractivity contribution >= 4 is 11.9 Å². The summed E-state index contributed by atoms with van der Waals surface area (Å²) < 4.78 is 11.9. The maximum atomic E-state index is 12.5. The Morgan fingerprint density at radius 2 is 1.17 bits per heavy atom. The van der Waals surface area contributed by atoms with Crippen LogP contribution in [0.3, 0.4) is 0 Å². The fourth-order valence-electron chi connectivity index (χ4n) is 7.17. The molecule has 5 aliphatic rings. The van der Waals surface area contributed by atoms with Crippen molar-refractivity contribution in [2.75, 3.05) is 0 Å². The van der Waals surface area contributed by atoms with Crippen molar-refractivity contribution < 1.29 is 19.1 Å². The van der Waals surface area contributed by atoms with Crippen LogP contribution in [0, 0.1) is 40.4 Å². The van der Waals surface area contributed by atoms with E-state index in [1.54, 1.807) is 0 Å². The third-order valence-corrected chi connectivity index (χ3v) is 10.9. The van der Waals surface area contributed by atoms with Gasteiger partial charge in [-0.25, -0.2) is 0 Å². The summed E-state index contributed by atoms with van der Waals surface area (Å²) in [6, 6.07) is 0. The molecule has 0 aliphatic heterocycles. The lowest BCUT2D eigenvalue weighted by atomic mass is 9.50. The van der Waals surface area contributed by atoms with Crippen LogP contribution in [0.2, 0.25) is 0 Å². The van der Waals surface area contributed by atoms with E-state index in [0.717, 1.165) is 24.7 Å². The summed E-state index contributed by atoms with van der Waals surface area (Å²) in [6.07, 6.45) is 14.6. The molecule has 0 saturated heterocycles. The Balaban J connectivity index is 0.000000202. The molecule has 0 amide bonds. The molecule has 0 N–H and O–H groups in total. The zero-order chi connectivity index (χ0) is 26.9. The number of esters is 2. The first-order chi connectivity index (χ1) is 16.6. The molecule has 0 heterocycles. The second-order valence-corrected chi connectivity index (χ2v) is 14.7. The Bertz CT molecular complexity index is 743. The van der Waals surface area contributed by atoms with Gasteiger partial charge < -0.3 is 9.47 Å². The number of carbonyl (C=O) groups excluding carboxylic acids is 2. The molecular formula is C32H56O4. The van der Waals surface area contributed by atoms with Gasteiger partial charge in [-0.15, -0.1) is 0 Å². The van der Waals surface area contributed by atoms with Crippen molar-refractivity contribution in [2.45, 2.75) is 151 Å². The fourth-order valence-corrected chi connectivity index (χ4v) is 7.17. The van der Waals surface area contributed by atoms with E-state index in [9.17, 15) is 9.59 Å².